The molecule has 2 amide bonds. The largest absolute Gasteiger partial charge is 0.340 e. The first kappa shape index (κ1) is 19.5. The fourth-order valence-corrected chi connectivity index (χ4v) is 2.82. The van der Waals surface area contributed by atoms with E-state index in [0.717, 1.165) is 17.6 Å². The number of aromatic nitrogens is 2. The van der Waals surface area contributed by atoms with Gasteiger partial charge in [0.25, 0.3) is 5.91 Å². The maximum absolute atomic E-state index is 13.4. The predicted molar refractivity (Wildman–Crippen MR) is 102 cm³/mol. The number of carbonyl (C=O) groups is 2. The zero-order chi connectivity index (χ0) is 20.3. The molecule has 146 valence electrons. The summed E-state index contributed by atoms with van der Waals surface area (Å²) in [6.45, 7) is 3.68. The van der Waals surface area contributed by atoms with Crippen molar-refractivity contribution in [2.24, 2.45) is 5.92 Å². The van der Waals surface area contributed by atoms with Gasteiger partial charge in [-0.3, -0.25) is 14.9 Å². The summed E-state index contributed by atoms with van der Waals surface area (Å²) in [6, 6.07) is 8.90. The van der Waals surface area contributed by atoms with E-state index >= 15 is 0 Å². The highest BCUT2D eigenvalue weighted by atomic mass is 19.1. The van der Waals surface area contributed by atoms with E-state index in [1.54, 1.807) is 13.0 Å². The zero-order valence-corrected chi connectivity index (χ0v) is 15.4. The average Bonchev–Trinajstić information content (AvgIpc) is 3.06. The minimum Gasteiger partial charge on any atom is -0.340 e. The van der Waals surface area contributed by atoms with Gasteiger partial charge in [-0.25, -0.2) is 13.8 Å². The van der Waals surface area contributed by atoms with Crippen molar-refractivity contribution in [1.29, 1.82) is 0 Å². The summed E-state index contributed by atoms with van der Waals surface area (Å²) in [5.41, 5.74) is 1.26. The highest BCUT2D eigenvalue weighted by Crippen LogP contribution is 2.16. The molecule has 1 heterocycles. The second kappa shape index (κ2) is 8.16. The molecule has 0 aliphatic rings. The highest BCUT2D eigenvalue weighted by molar-refractivity contribution is 6.01. The molecule has 0 aliphatic carbocycles. The van der Waals surface area contributed by atoms with Gasteiger partial charge in [-0.2, -0.15) is 0 Å². The van der Waals surface area contributed by atoms with Crippen molar-refractivity contribution in [3.8, 4) is 0 Å². The molecular formula is C20H20F2N4O2. The lowest BCUT2D eigenvalue weighted by Crippen LogP contribution is -2.47. The number of H-pyrrole nitrogens is 1. The summed E-state index contributed by atoms with van der Waals surface area (Å²) in [5.74, 6) is -2.90. The first-order valence-corrected chi connectivity index (χ1v) is 8.90. The third kappa shape index (κ3) is 4.33. The van der Waals surface area contributed by atoms with Crippen LogP contribution >= 0.6 is 0 Å². The number of benzene rings is 2. The van der Waals surface area contributed by atoms with Gasteiger partial charge in [0.2, 0.25) is 11.9 Å². The smallest absolute Gasteiger partial charge is 0.252 e. The molecule has 3 aromatic rings. The number of para-hydroxylation sites is 2. The Kier molecular flexibility index (Phi) is 5.67. The van der Waals surface area contributed by atoms with E-state index in [4.69, 9.17) is 0 Å². The van der Waals surface area contributed by atoms with Gasteiger partial charge >= 0.3 is 0 Å². The van der Waals surface area contributed by atoms with E-state index in [-0.39, 0.29) is 17.4 Å². The average molecular weight is 386 g/mol. The molecule has 28 heavy (non-hydrogen) atoms. The summed E-state index contributed by atoms with van der Waals surface area (Å²) in [7, 11) is 0. The van der Waals surface area contributed by atoms with Crippen molar-refractivity contribution >= 4 is 28.8 Å². The predicted octanol–water partition coefficient (Wildman–Crippen LogP) is 3.62. The van der Waals surface area contributed by atoms with Crippen LogP contribution in [0.4, 0.5) is 14.7 Å². The molecule has 8 heteroatoms. The van der Waals surface area contributed by atoms with E-state index in [0.29, 0.717) is 18.0 Å². The molecule has 2 aromatic carbocycles. The Balaban J connectivity index is 1.78. The Morgan fingerprint density at radius 1 is 1.14 bits per heavy atom. The van der Waals surface area contributed by atoms with Crippen LogP contribution in [0.3, 0.4) is 0 Å². The van der Waals surface area contributed by atoms with Crippen molar-refractivity contribution < 1.29 is 18.4 Å². The number of nitrogens with zero attached hydrogens (tertiary/aromatic N) is 1. The van der Waals surface area contributed by atoms with Gasteiger partial charge in [-0.15, -0.1) is 0 Å². The molecule has 0 aliphatic heterocycles. The Labute approximate surface area is 160 Å². The second-order valence-corrected chi connectivity index (χ2v) is 6.59. The molecule has 0 radical (unpaired) electrons. The van der Waals surface area contributed by atoms with Crippen LogP contribution in [0.5, 0.6) is 0 Å². The number of fused-ring (bicyclic) bond motifs is 1. The lowest BCUT2D eigenvalue weighted by atomic mass is 9.98. The summed E-state index contributed by atoms with van der Waals surface area (Å²) in [5, 5.41) is 5.22. The van der Waals surface area contributed by atoms with Gasteiger partial charge in [0, 0.05) is 11.6 Å². The van der Waals surface area contributed by atoms with Gasteiger partial charge in [0.15, 0.2) is 0 Å². The van der Waals surface area contributed by atoms with Crippen LogP contribution < -0.4 is 10.6 Å². The molecule has 0 bridgehead atoms. The van der Waals surface area contributed by atoms with Crippen molar-refractivity contribution in [2.45, 2.75) is 26.3 Å². The van der Waals surface area contributed by atoms with E-state index in [1.165, 1.54) is 0 Å². The minimum absolute atomic E-state index is 0.192. The molecule has 0 saturated carbocycles. The van der Waals surface area contributed by atoms with E-state index in [1.807, 2.05) is 25.1 Å². The molecule has 0 spiro atoms. The number of aromatic amines is 1. The first-order chi connectivity index (χ1) is 13.4. The maximum atomic E-state index is 13.4. The van der Waals surface area contributed by atoms with Crippen molar-refractivity contribution in [2.75, 3.05) is 5.32 Å². The Hall–Kier alpha value is -3.29. The molecule has 3 N–H and O–H groups in total. The molecular weight excluding hydrogens is 366 g/mol. The molecule has 1 aromatic heterocycles. The van der Waals surface area contributed by atoms with Gasteiger partial charge < -0.3 is 10.3 Å². The fourth-order valence-electron chi connectivity index (χ4n) is 2.82. The number of imidazole rings is 1. The normalized spacial score (nSPS) is 13.1. The summed E-state index contributed by atoms with van der Waals surface area (Å²) in [6.07, 6.45) is 0.607. The number of rotatable bonds is 6. The van der Waals surface area contributed by atoms with Crippen molar-refractivity contribution in [3.05, 3.63) is 59.7 Å². The van der Waals surface area contributed by atoms with Gasteiger partial charge in [0.05, 0.1) is 11.0 Å². The van der Waals surface area contributed by atoms with Gasteiger partial charge in [0.1, 0.15) is 17.7 Å². The maximum Gasteiger partial charge on any atom is 0.252 e. The third-order valence-corrected chi connectivity index (χ3v) is 4.54. The van der Waals surface area contributed by atoms with Crippen LogP contribution in [-0.2, 0) is 4.79 Å². The van der Waals surface area contributed by atoms with E-state index in [9.17, 15) is 18.4 Å². The number of anilines is 1. The monoisotopic (exact) mass is 386 g/mol. The number of hydrogen-bond donors (Lipinski definition) is 3. The highest BCUT2D eigenvalue weighted by Gasteiger charge is 2.27. The van der Waals surface area contributed by atoms with E-state index < -0.39 is 29.5 Å². The molecule has 6 nitrogen and oxygen atoms in total. The van der Waals surface area contributed by atoms with Crippen LogP contribution in [0, 0.1) is 17.6 Å². The Bertz CT molecular complexity index is 965. The summed E-state index contributed by atoms with van der Waals surface area (Å²) < 4.78 is 26.8. The zero-order valence-electron chi connectivity index (χ0n) is 15.4. The minimum atomic E-state index is -0.906. The lowest BCUT2D eigenvalue weighted by Gasteiger charge is -2.23. The van der Waals surface area contributed by atoms with Gasteiger partial charge in [-0.05, 0) is 30.2 Å². The van der Waals surface area contributed by atoms with Crippen molar-refractivity contribution in [3.63, 3.8) is 0 Å². The van der Waals surface area contributed by atoms with Crippen LogP contribution in [0.1, 0.15) is 30.6 Å². The topological polar surface area (TPSA) is 86.9 Å². The summed E-state index contributed by atoms with van der Waals surface area (Å²) in [4.78, 5) is 32.5. The van der Waals surface area contributed by atoms with E-state index in [2.05, 4.69) is 20.6 Å². The van der Waals surface area contributed by atoms with Gasteiger partial charge in [-0.1, -0.05) is 32.4 Å². The number of nitrogens with one attached hydrogen (secondary N) is 3. The number of halogens is 2. The van der Waals surface area contributed by atoms with Crippen LogP contribution in [0.2, 0.25) is 0 Å². The number of amides is 2. The van der Waals surface area contributed by atoms with Crippen molar-refractivity contribution in [1.82, 2.24) is 15.3 Å². The quantitative estimate of drug-likeness (QED) is 0.605. The SMILES string of the molecule is CCC(C)C(NC(=O)c1cc(F)cc(F)c1)C(=O)Nc1nc2ccccc2[nH]1. The molecule has 2 unspecified atom stereocenters. The fraction of sp³-hybridized carbons (Fsp3) is 0.250. The summed E-state index contributed by atoms with van der Waals surface area (Å²) >= 11 is 0. The lowest BCUT2D eigenvalue weighted by molar-refractivity contribution is -0.119. The Morgan fingerprint density at radius 3 is 2.46 bits per heavy atom. The second-order valence-electron chi connectivity index (χ2n) is 6.59. The standard InChI is InChI=1S/C20H20F2N4O2/c1-3-11(2)17(25-18(27)12-8-13(21)10-14(22)9-12)19(28)26-20-23-15-6-4-5-7-16(15)24-20/h4-11,17H,3H2,1-2H3,(H,25,27)(H2,23,24,26,28). The number of hydrogen-bond acceptors (Lipinski definition) is 3. The van der Waals surface area contributed by atoms with Crippen LogP contribution in [0.15, 0.2) is 42.5 Å². The molecule has 3 rings (SSSR count). The Morgan fingerprint density at radius 2 is 1.82 bits per heavy atom. The molecule has 2 atom stereocenters. The third-order valence-electron chi connectivity index (χ3n) is 4.54. The molecule has 0 fully saturated rings. The molecule has 0 saturated heterocycles. The number of carbonyl (C=O) groups excluding carboxylic acids is 2. The van der Waals surface area contributed by atoms with Crippen LogP contribution in [0.25, 0.3) is 11.0 Å². The van der Waals surface area contributed by atoms with Crippen LogP contribution in [-0.4, -0.2) is 27.8 Å². The first-order valence-electron chi connectivity index (χ1n) is 8.90.